The highest BCUT2D eigenvalue weighted by Crippen LogP contribution is 2.34. The highest BCUT2D eigenvalue weighted by atomic mass is 79.9. The molecule has 1 amide bonds. The predicted molar refractivity (Wildman–Crippen MR) is 66.6 cm³/mol. The van der Waals surface area contributed by atoms with E-state index in [0.29, 0.717) is 0 Å². The second-order valence-electron chi connectivity index (χ2n) is 3.73. The summed E-state index contributed by atoms with van der Waals surface area (Å²) >= 11 is 6.72. The lowest BCUT2D eigenvalue weighted by atomic mass is 10.2. The summed E-state index contributed by atoms with van der Waals surface area (Å²) in [7, 11) is 0. The van der Waals surface area contributed by atoms with Gasteiger partial charge in [-0.2, -0.15) is 0 Å². The zero-order valence-electron chi connectivity index (χ0n) is 7.89. The van der Waals surface area contributed by atoms with E-state index >= 15 is 0 Å². The number of hydrogen-bond acceptors (Lipinski definition) is 2. The molecule has 0 spiro atoms. The molecule has 0 radical (unpaired) electrons. The molecule has 80 valence electrons. The van der Waals surface area contributed by atoms with Gasteiger partial charge < -0.3 is 11.1 Å². The molecule has 0 atom stereocenters. The van der Waals surface area contributed by atoms with Crippen LogP contribution in [0.5, 0.6) is 0 Å². The number of anilines is 1. The summed E-state index contributed by atoms with van der Waals surface area (Å²) in [6.45, 7) is 0. The van der Waals surface area contributed by atoms with Crippen molar-refractivity contribution in [3.8, 4) is 0 Å². The van der Waals surface area contributed by atoms with Crippen LogP contribution in [0.1, 0.15) is 12.8 Å². The lowest BCUT2D eigenvalue weighted by Crippen LogP contribution is -2.37. The molecule has 1 aliphatic carbocycles. The van der Waals surface area contributed by atoms with Crippen LogP contribution in [0.3, 0.4) is 0 Å². The Morgan fingerprint density at radius 1 is 1.40 bits per heavy atom. The molecule has 1 aromatic rings. The molecule has 0 aromatic heterocycles. The van der Waals surface area contributed by atoms with Gasteiger partial charge in [0.15, 0.2) is 0 Å². The molecule has 0 bridgehead atoms. The smallest absolute Gasteiger partial charge is 0.244 e. The van der Waals surface area contributed by atoms with Crippen molar-refractivity contribution in [3.05, 3.63) is 27.1 Å². The molecular weight excluding hydrogens is 324 g/mol. The van der Waals surface area contributed by atoms with E-state index in [1.165, 1.54) is 0 Å². The molecule has 5 heteroatoms. The Balaban J connectivity index is 2.14. The van der Waals surface area contributed by atoms with Crippen molar-refractivity contribution in [2.24, 2.45) is 5.73 Å². The monoisotopic (exact) mass is 332 g/mol. The van der Waals surface area contributed by atoms with Crippen molar-refractivity contribution in [3.63, 3.8) is 0 Å². The molecule has 1 saturated carbocycles. The molecule has 15 heavy (non-hydrogen) atoms. The van der Waals surface area contributed by atoms with Crippen LogP contribution in [-0.2, 0) is 4.79 Å². The van der Waals surface area contributed by atoms with Crippen LogP contribution < -0.4 is 11.1 Å². The summed E-state index contributed by atoms with van der Waals surface area (Å²) in [5.74, 6) is -0.106. The first-order valence-electron chi connectivity index (χ1n) is 4.57. The zero-order chi connectivity index (χ0) is 11.1. The van der Waals surface area contributed by atoms with E-state index in [1.54, 1.807) is 0 Å². The normalized spacial score (nSPS) is 17.3. The average Bonchev–Trinajstić information content (AvgIpc) is 2.90. The van der Waals surface area contributed by atoms with Gasteiger partial charge in [0, 0.05) is 8.95 Å². The molecular formula is C10H10Br2N2O. The molecule has 0 heterocycles. The number of rotatable bonds is 2. The van der Waals surface area contributed by atoms with Crippen LogP contribution in [0.25, 0.3) is 0 Å². The first kappa shape index (κ1) is 11.1. The van der Waals surface area contributed by atoms with Crippen molar-refractivity contribution in [1.82, 2.24) is 0 Å². The van der Waals surface area contributed by atoms with Gasteiger partial charge in [-0.15, -0.1) is 0 Å². The zero-order valence-corrected chi connectivity index (χ0v) is 11.1. The largest absolute Gasteiger partial charge is 0.323 e. The van der Waals surface area contributed by atoms with Gasteiger partial charge in [-0.1, -0.05) is 15.9 Å². The number of carbonyl (C=O) groups is 1. The van der Waals surface area contributed by atoms with Crippen LogP contribution in [0.2, 0.25) is 0 Å². The lowest BCUT2D eigenvalue weighted by molar-refractivity contribution is -0.118. The van der Waals surface area contributed by atoms with E-state index in [9.17, 15) is 4.79 Å². The van der Waals surface area contributed by atoms with Crippen LogP contribution in [0, 0.1) is 0 Å². The number of nitrogens with one attached hydrogen (secondary N) is 1. The van der Waals surface area contributed by atoms with E-state index in [1.807, 2.05) is 18.2 Å². The van der Waals surface area contributed by atoms with E-state index in [0.717, 1.165) is 27.5 Å². The van der Waals surface area contributed by atoms with Gasteiger partial charge in [-0.3, -0.25) is 4.79 Å². The predicted octanol–water partition coefficient (Wildman–Crippen LogP) is 2.64. The number of amides is 1. The highest BCUT2D eigenvalue weighted by molar-refractivity contribution is 9.11. The van der Waals surface area contributed by atoms with Gasteiger partial charge in [-0.25, -0.2) is 0 Å². The Labute approximate surface area is 105 Å². The molecule has 1 aromatic carbocycles. The Hall–Kier alpha value is -0.390. The minimum Gasteiger partial charge on any atom is -0.323 e. The molecule has 1 aliphatic rings. The summed E-state index contributed by atoms with van der Waals surface area (Å²) < 4.78 is 1.80. The molecule has 3 N–H and O–H groups in total. The van der Waals surface area contributed by atoms with Gasteiger partial charge in [0.2, 0.25) is 5.91 Å². The summed E-state index contributed by atoms with van der Waals surface area (Å²) in [6, 6.07) is 5.58. The molecule has 1 fully saturated rings. The van der Waals surface area contributed by atoms with Gasteiger partial charge in [-0.05, 0) is 47.0 Å². The number of carbonyl (C=O) groups excluding carboxylic acids is 1. The fourth-order valence-corrected chi connectivity index (χ4v) is 2.35. The fourth-order valence-electron chi connectivity index (χ4n) is 1.20. The molecule has 2 rings (SSSR count). The lowest BCUT2D eigenvalue weighted by Gasteiger charge is -2.11. The number of nitrogens with two attached hydrogens (primary N) is 1. The Kier molecular flexibility index (Phi) is 2.87. The second-order valence-corrected chi connectivity index (χ2v) is 5.50. The third-order valence-electron chi connectivity index (χ3n) is 2.42. The Morgan fingerprint density at radius 2 is 2.07 bits per heavy atom. The Morgan fingerprint density at radius 3 is 2.60 bits per heavy atom. The maximum Gasteiger partial charge on any atom is 0.244 e. The Bertz CT molecular complexity index is 416. The summed E-state index contributed by atoms with van der Waals surface area (Å²) in [5, 5.41) is 2.81. The quantitative estimate of drug-likeness (QED) is 0.874. The van der Waals surface area contributed by atoms with Crippen LogP contribution in [-0.4, -0.2) is 11.4 Å². The maximum atomic E-state index is 11.7. The minimum atomic E-state index is -0.632. The average molecular weight is 334 g/mol. The molecule has 0 saturated heterocycles. The fraction of sp³-hybridized carbons (Fsp3) is 0.300. The highest BCUT2D eigenvalue weighted by Gasteiger charge is 2.46. The number of benzene rings is 1. The van der Waals surface area contributed by atoms with Crippen LogP contribution >= 0.6 is 31.9 Å². The molecule has 0 unspecified atom stereocenters. The number of hydrogen-bond donors (Lipinski definition) is 2. The second kappa shape index (κ2) is 3.88. The van der Waals surface area contributed by atoms with Crippen LogP contribution in [0.15, 0.2) is 27.1 Å². The SMILES string of the molecule is NC1(C(=O)Nc2ccc(Br)cc2Br)CC1. The van der Waals surface area contributed by atoms with E-state index in [-0.39, 0.29) is 5.91 Å². The first-order chi connectivity index (χ1) is 7.01. The maximum absolute atomic E-state index is 11.7. The third-order valence-corrected chi connectivity index (χ3v) is 3.57. The van der Waals surface area contributed by atoms with Gasteiger partial charge in [0.25, 0.3) is 0 Å². The molecule has 0 aliphatic heterocycles. The molecule has 3 nitrogen and oxygen atoms in total. The summed E-state index contributed by atoms with van der Waals surface area (Å²) in [4.78, 5) is 11.7. The first-order valence-corrected chi connectivity index (χ1v) is 6.15. The minimum absolute atomic E-state index is 0.106. The van der Waals surface area contributed by atoms with E-state index in [4.69, 9.17) is 5.73 Å². The summed E-state index contributed by atoms with van der Waals surface area (Å²) in [6.07, 6.45) is 1.54. The third kappa shape index (κ3) is 2.41. The standard InChI is InChI=1S/C10H10Br2N2O/c11-6-1-2-8(7(12)5-6)14-9(15)10(13)3-4-10/h1-2,5H,3-4,13H2,(H,14,15). The van der Waals surface area contributed by atoms with Crippen molar-refractivity contribution in [1.29, 1.82) is 0 Å². The van der Waals surface area contributed by atoms with Gasteiger partial charge in [0.05, 0.1) is 11.2 Å². The van der Waals surface area contributed by atoms with Gasteiger partial charge >= 0.3 is 0 Å². The van der Waals surface area contributed by atoms with Gasteiger partial charge in [0.1, 0.15) is 0 Å². The van der Waals surface area contributed by atoms with Crippen molar-refractivity contribution < 1.29 is 4.79 Å². The number of halogens is 2. The summed E-state index contributed by atoms with van der Waals surface area (Å²) in [5.41, 5.74) is 5.90. The van der Waals surface area contributed by atoms with Crippen molar-refractivity contribution in [2.45, 2.75) is 18.4 Å². The van der Waals surface area contributed by atoms with E-state index in [2.05, 4.69) is 37.2 Å². The van der Waals surface area contributed by atoms with Crippen molar-refractivity contribution in [2.75, 3.05) is 5.32 Å². The van der Waals surface area contributed by atoms with E-state index < -0.39 is 5.54 Å². The van der Waals surface area contributed by atoms with Crippen LogP contribution in [0.4, 0.5) is 5.69 Å². The van der Waals surface area contributed by atoms with Crippen molar-refractivity contribution >= 4 is 43.5 Å². The topological polar surface area (TPSA) is 55.1 Å².